The number of benzene rings is 2. The summed E-state index contributed by atoms with van der Waals surface area (Å²) in [6.07, 6.45) is -0.223. The molecule has 27 heavy (non-hydrogen) atoms. The third-order valence-electron chi connectivity index (χ3n) is 4.09. The summed E-state index contributed by atoms with van der Waals surface area (Å²) in [5.74, 6) is -1.22. The highest BCUT2D eigenvalue weighted by atomic mass is 35.5. The van der Waals surface area contributed by atoms with E-state index in [1.54, 1.807) is 17.0 Å². The molecule has 0 bridgehead atoms. The van der Waals surface area contributed by atoms with Crippen molar-refractivity contribution in [3.05, 3.63) is 51.5 Å². The van der Waals surface area contributed by atoms with Crippen LogP contribution in [0.4, 0.5) is 5.69 Å². The fourth-order valence-corrected chi connectivity index (χ4v) is 5.48. The molecular formula is C18H12Cl2N2O3S2. The molecule has 3 aromatic rings. The Balaban J connectivity index is 1.71. The van der Waals surface area contributed by atoms with E-state index in [2.05, 4.69) is 4.98 Å². The first-order valence-corrected chi connectivity index (χ1v) is 10.4. The van der Waals surface area contributed by atoms with E-state index < -0.39 is 11.2 Å². The smallest absolute Gasteiger partial charge is 0.305 e. The Bertz CT molecular complexity index is 1030. The molecule has 1 aliphatic heterocycles. The first-order chi connectivity index (χ1) is 12.9. The van der Waals surface area contributed by atoms with Crippen molar-refractivity contribution < 1.29 is 14.7 Å². The molecule has 1 unspecified atom stereocenters. The number of carboxylic acids is 1. The summed E-state index contributed by atoms with van der Waals surface area (Å²) in [6, 6.07) is 10.9. The van der Waals surface area contributed by atoms with Crippen LogP contribution in [0.25, 0.3) is 10.2 Å². The second-order valence-corrected chi connectivity index (χ2v) is 9.11. The number of para-hydroxylation sites is 1. The maximum absolute atomic E-state index is 12.9. The minimum atomic E-state index is -0.996. The van der Waals surface area contributed by atoms with Crippen molar-refractivity contribution in [1.29, 1.82) is 0 Å². The monoisotopic (exact) mass is 438 g/mol. The molecular weight excluding hydrogens is 427 g/mol. The molecule has 1 atom stereocenters. The van der Waals surface area contributed by atoms with Gasteiger partial charge in [-0.2, -0.15) is 0 Å². The minimum Gasteiger partial charge on any atom is -0.481 e. The van der Waals surface area contributed by atoms with Gasteiger partial charge in [0.15, 0.2) is 0 Å². The summed E-state index contributed by atoms with van der Waals surface area (Å²) < 4.78 is 0.883. The number of hydrogen-bond acceptors (Lipinski definition) is 5. The van der Waals surface area contributed by atoms with Crippen molar-refractivity contribution in [2.24, 2.45) is 0 Å². The molecule has 0 spiro atoms. The van der Waals surface area contributed by atoms with E-state index >= 15 is 0 Å². The van der Waals surface area contributed by atoms with E-state index in [4.69, 9.17) is 28.3 Å². The van der Waals surface area contributed by atoms with Gasteiger partial charge in [-0.15, -0.1) is 23.1 Å². The van der Waals surface area contributed by atoms with E-state index in [0.717, 1.165) is 25.8 Å². The van der Waals surface area contributed by atoms with Gasteiger partial charge < -0.3 is 10.0 Å². The van der Waals surface area contributed by atoms with Crippen molar-refractivity contribution in [3.8, 4) is 0 Å². The van der Waals surface area contributed by atoms with Crippen LogP contribution in [0.5, 0.6) is 0 Å². The van der Waals surface area contributed by atoms with E-state index in [1.807, 2.05) is 24.3 Å². The Morgan fingerprint density at radius 1 is 1.22 bits per heavy atom. The van der Waals surface area contributed by atoms with Crippen LogP contribution in [-0.4, -0.2) is 27.2 Å². The Kier molecular flexibility index (Phi) is 5.03. The van der Waals surface area contributed by atoms with Gasteiger partial charge in [0, 0.05) is 4.90 Å². The lowest BCUT2D eigenvalue weighted by atomic mass is 10.2. The zero-order valence-electron chi connectivity index (χ0n) is 13.7. The number of thiazole rings is 1. The molecule has 0 fully saturated rings. The molecule has 1 aromatic heterocycles. The maximum Gasteiger partial charge on any atom is 0.305 e. The molecule has 0 saturated heterocycles. The fraction of sp³-hybridized carbons (Fsp3) is 0.167. The first kappa shape index (κ1) is 18.6. The Labute approximate surface area is 172 Å². The molecule has 0 radical (unpaired) electrons. The number of carbonyl (C=O) groups excluding carboxylic acids is 1. The molecule has 1 amide bonds. The van der Waals surface area contributed by atoms with E-state index in [9.17, 15) is 9.59 Å². The standard InChI is InChI=1S/C18H12Cl2N2O3S2/c19-9-5-11-14(6-10(9)20)27-16(21-11)8-22-12-3-1-2-4-13(12)26-15(18(22)25)7-17(23)24/h1-6,15H,7-8H2,(H,23,24). The molecule has 2 heterocycles. The molecule has 4 rings (SSSR count). The number of thioether (sulfide) groups is 1. The highest BCUT2D eigenvalue weighted by Crippen LogP contribution is 2.41. The molecule has 1 N–H and O–H groups in total. The summed E-state index contributed by atoms with van der Waals surface area (Å²) in [7, 11) is 0. The summed E-state index contributed by atoms with van der Waals surface area (Å²) in [6.45, 7) is 0.265. The molecule has 5 nitrogen and oxygen atoms in total. The largest absolute Gasteiger partial charge is 0.481 e. The number of rotatable bonds is 4. The van der Waals surface area contributed by atoms with Gasteiger partial charge in [0.25, 0.3) is 0 Å². The second-order valence-electron chi connectivity index (χ2n) is 5.94. The predicted octanol–water partition coefficient (Wildman–Crippen LogP) is 5.09. The third kappa shape index (κ3) is 3.65. The SMILES string of the molecule is O=C(O)CC1Sc2ccccc2N(Cc2nc3cc(Cl)c(Cl)cc3s2)C1=O. The van der Waals surface area contributed by atoms with Crippen molar-refractivity contribution in [1.82, 2.24) is 4.98 Å². The maximum atomic E-state index is 12.9. The highest BCUT2D eigenvalue weighted by molar-refractivity contribution is 8.01. The lowest BCUT2D eigenvalue weighted by Gasteiger charge is -2.32. The quantitative estimate of drug-likeness (QED) is 0.614. The second kappa shape index (κ2) is 7.31. The summed E-state index contributed by atoms with van der Waals surface area (Å²) in [4.78, 5) is 31.1. The number of amides is 1. The van der Waals surface area contributed by atoms with Crippen LogP contribution in [-0.2, 0) is 16.1 Å². The molecule has 2 aromatic carbocycles. The van der Waals surface area contributed by atoms with Crippen molar-refractivity contribution in [2.75, 3.05) is 4.90 Å². The van der Waals surface area contributed by atoms with Crippen molar-refractivity contribution >= 4 is 74.1 Å². The average molecular weight is 439 g/mol. The minimum absolute atomic E-state index is 0.223. The van der Waals surface area contributed by atoms with Crippen LogP contribution in [0.15, 0.2) is 41.3 Å². The van der Waals surface area contributed by atoms with Crippen LogP contribution in [0.2, 0.25) is 10.0 Å². The Morgan fingerprint density at radius 3 is 2.74 bits per heavy atom. The number of hydrogen-bond donors (Lipinski definition) is 1. The van der Waals surface area contributed by atoms with Crippen molar-refractivity contribution in [2.45, 2.75) is 23.1 Å². The van der Waals surface area contributed by atoms with Gasteiger partial charge >= 0.3 is 5.97 Å². The predicted molar refractivity (Wildman–Crippen MR) is 109 cm³/mol. The number of anilines is 1. The number of aromatic nitrogens is 1. The molecule has 138 valence electrons. The number of carbonyl (C=O) groups is 2. The summed E-state index contributed by atoms with van der Waals surface area (Å²) >= 11 is 14.9. The average Bonchev–Trinajstić information content (AvgIpc) is 2.99. The Hall–Kier alpha value is -1.80. The van der Waals surface area contributed by atoms with Gasteiger partial charge in [0.2, 0.25) is 5.91 Å². The van der Waals surface area contributed by atoms with Crippen LogP contribution < -0.4 is 4.90 Å². The summed E-state index contributed by atoms with van der Waals surface area (Å²) in [5.41, 5.74) is 1.49. The molecule has 1 aliphatic rings. The van der Waals surface area contributed by atoms with Crippen LogP contribution in [0.3, 0.4) is 0 Å². The van der Waals surface area contributed by atoms with Crippen LogP contribution >= 0.6 is 46.3 Å². The fourth-order valence-electron chi connectivity index (χ4n) is 2.90. The van der Waals surface area contributed by atoms with Crippen molar-refractivity contribution in [3.63, 3.8) is 0 Å². The first-order valence-electron chi connectivity index (χ1n) is 7.95. The number of carboxylic acid groups (broad SMARTS) is 1. The third-order valence-corrected chi connectivity index (χ3v) is 7.07. The van der Waals surface area contributed by atoms with Gasteiger partial charge in [-0.1, -0.05) is 35.3 Å². The number of halogens is 2. The summed E-state index contributed by atoms with van der Waals surface area (Å²) in [5, 5.41) is 10.1. The highest BCUT2D eigenvalue weighted by Gasteiger charge is 2.35. The van der Waals surface area contributed by atoms with E-state index in [0.29, 0.717) is 10.0 Å². The normalized spacial score (nSPS) is 16.6. The number of aliphatic carboxylic acids is 1. The van der Waals surface area contributed by atoms with Gasteiger partial charge in [0.1, 0.15) is 5.01 Å². The molecule has 0 aliphatic carbocycles. The van der Waals surface area contributed by atoms with Gasteiger partial charge in [-0.3, -0.25) is 9.59 Å². The number of nitrogens with zero attached hydrogens (tertiary/aromatic N) is 2. The van der Waals surface area contributed by atoms with Gasteiger partial charge in [-0.05, 0) is 24.3 Å². The topological polar surface area (TPSA) is 70.5 Å². The van der Waals surface area contributed by atoms with E-state index in [1.165, 1.54) is 23.1 Å². The lowest BCUT2D eigenvalue weighted by Crippen LogP contribution is -2.41. The van der Waals surface area contributed by atoms with Gasteiger partial charge in [0.05, 0.1) is 44.2 Å². The van der Waals surface area contributed by atoms with Gasteiger partial charge in [-0.25, -0.2) is 4.98 Å². The van der Waals surface area contributed by atoms with Crippen LogP contribution in [0, 0.1) is 0 Å². The van der Waals surface area contributed by atoms with Crippen LogP contribution in [0.1, 0.15) is 11.4 Å². The molecule has 0 saturated carbocycles. The van der Waals surface area contributed by atoms with E-state index in [-0.39, 0.29) is 18.9 Å². The zero-order chi connectivity index (χ0) is 19.1. The molecule has 9 heteroatoms. The number of fused-ring (bicyclic) bond motifs is 2. The zero-order valence-corrected chi connectivity index (χ0v) is 16.8. The lowest BCUT2D eigenvalue weighted by molar-refractivity contribution is -0.138. The Morgan fingerprint density at radius 2 is 1.96 bits per heavy atom.